The summed E-state index contributed by atoms with van der Waals surface area (Å²) >= 11 is 0. The Kier molecular flexibility index (Phi) is 5.91. The van der Waals surface area contributed by atoms with Crippen LogP contribution in [0.5, 0.6) is 0 Å². The van der Waals surface area contributed by atoms with E-state index in [0.717, 1.165) is 9.70 Å². The van der Waals surface area contributed by atoms with Gasteiger partial charge in [-0.1, -0.05) is 6.07 Å². The third-order valence-electron chi connectivity index (χ3n) is 5.40. The minimum atomic E-state index is -4.65. The Morgan fingerprint density at radius 2 is 1.82 bits per heavy atom. The van der Waals surface area contributed by atoms with Gasteiger partial charge in [0.1, 0.15) is 11.7 Å². The average molecular weight is 485 g/mol. The summed E-state index contributed by atoms with van der Waals surface area (Å²) in [5, 5.41) is 10.1. The van der Waals surface area contributed by atoms with E-state index in [-0.39, 0.29) is 29.3 Å². The molecule has 1 aliphatic heterocycles. The van der Waals surface area contributed by atoms with E-state index in [1.807, 2.05) is 0 Å². The molecular formula is C20H17F6N7O. The third kappa shape index (κ3) is 4.39. The van der Waals surface area contributed by atoms with E-state index >= 15 is 0 Å². The number of amides is 1. The van der Waals surface area contributed by atoms with Crippen LogP contribution in [0.4, 0.5) is 32.3 Å². The number of carbonyl (C=O) groups excluding carboxylic acids is 1. The molecule has 34 heavy (non-hydrogen) atoms. The first-order valence-corrected chi connectivity index (χ1v) is 9.97. The molecule has 3 aromatic rings. The number of hydrogen-bond acceptors (Lipinski definition) is 6. The minimum Gasteiger partial charge on any atom is -0.352 e. The van der Waals surface area contributed by atoms with Crippen molar-refractivity contribution in [3.8, 4) is 5.69 Å². The largest absolute Gasteiger partial charge is 0.419 e. The van der Waals surface area contributed by atoms with Gasteiger partial charge in [-0.3, -0.25) is 4.79 Å². The van der Waals surface area contributed by atoms with Crippen LogP contribution < -0.4 is 5.32 Å². The van der Waals surface area contributed by atoms with Crippen LogP contribution in [0.25, 0.3) is 5.69 Å². The van der Waals surface area contributed by atoms with Gasteiger partial charge >= 0.3 is 6.18 Å². The molecule has 180 valence electrons. The molecule has 0 unspecified atom stereocenters. The second kappa shape index (κ2) is 8.57. The number of alkyl halides is 5. The highest BCUT2D eigenvalue weighted by Crippen LogP contribution is 2.36. The summed E-state index contributed by atoms with van der Waals surface area (Å²) in [6.07, 6.45) is -1.71. The lowest BCUT2D eigenvalue weighted by Gasteiger charge is -2.28. The van der Waals surface area contributed by atoms with Crippen LogP contribution in [0.3, 0.4) is 0 Å². The summed E-state index contributed by atoms with van der Waals surface area (Å²) in [6, 6.07) is 0.959. The Bertz CT molecular complexity index is 1180. The number of nitrogens with zero attached hydrogens (tertiary/aromatic N) is 6. The minimum absolute atomic E-state index is 0.202. The molecule has 2 aromatic heterocycles. The highest BCUT2D eigenvalue weighted by molar-refractivity contribution is 5.98. The van der Waals surface area contributed by atoms with Gasteiger partial charge in [0.15, 0.2) is 5.82 Å². The second-order valence-corrected chi connectivity index (χ2v) is 7.61. The van der Waals surface area contributed by atoms with Crippen LogP contribution in [0.2, 0.25) is 0 Å². The zero-order valence-corrected chi connectivity index (χ0v) is 17.5. The molecule has 1 N–H and O–H groups in total. The number of aromatic nitrogens is 5. The molecule has 0 bridgehead atoms. The van der Waals surface area contributed by atoms with Crippen LogP contribution in [-0.4, -0.2) is 60.8 Å². The SMILES string of the molecule is Cc1ccc(C(=O)N2CCC(F)(F)[C@H]2CNc2ncc(C(F)(F)F)cn2)c(-n2nccn2)c1F. The summed E-state index contributed by atoms with van der Waals surface area (Å²) in [5.41, 5.74) is -1.38. The normalized spacial score (nSPS) is 17.7. The maximum atomic E-state index is 14.9. The topological polar surface area (TPSA) is 88.8 Å². The number of halogens is 6. The van der Waals surface area contributed by atoms with Crippen molar-refractivity contribution in [3.05, 3.63) is 59.4 Å². The molecule has 1 fully saturated rings. The zero-order valence-electron chi connectivity index (χ0n) is 17.5. The van der Waals surface area contributed by atoms with Gasteiger partial charge in [-0.05, 0) is 18.6 Å². The molecule has 0 radical (unpaired) electrons. The van der Waals surface area contributed by atoms with E-state index < -0.39 is 48.4 Å². The zero-order chi connectivity index (χ0) is 24.7. The standard InChI is InChI=1S/C20H17F6N7O/c1-11-2-3-13(16(15(11)21)33-30-5-6-31-33)17(34)32-7-4-19(22,23)14(32)10-29-18-27-8-12(9-28-18)20(24,25)26/h2-3,5-6,8-9,14H,4,7,10H2,1H3,(H,27,28,29)/t14-/m1/s1. The van der Waals surface area contributed by atoms with Gasteiger partial charge in [0.05, 0.1) is 23.5 Å². The number of nitrogens with one attached hydrogen (secondary N) is 1. The fraction of sp³-hybridized carbons (Fsp3) is 0.350. The van der Waals surface area contributed by atoms with Crippen molar-refractivity contribution in [2.75, 3.05) is 18.4 Å². The molecular weight excluding hydrogens is 468 g/mol. The number of anilines is 1. The van der Waals surface area contributed by atoms with Crippen LogP contribution in [0.15, 0.2) is 36.9 Å². The highest BCUT2D eigenvalue weighted by atomic mass is 19.4. The van der Waals surface area contributed by atoms with Crippen molar-refractivity contribution in [2.24, 2.45) is 0 Å². The first-order chi connectivity index (χ1) is 16.0. The number of hydrogen-bond donors (Lipinski definition) is 1. The third-order valence-corrected chi connectivity index (χ3v) is 5.40. The lowest BCUT2D eigenvalue weighted by Crippen LogP contribution is -2.47. The molecule has 8 nitrogen and oxygen atoms in total. The van der Waals surface area contributed by atoms with Crippen molar-refractivity contribution in [1.29, 1.82) is 0 Å². The van der Waals surface area contributed by atoms with Gasteiger partial charge in [0.2, 0.25) is 5.95 Å². The second-order valence-electron chi connectivity index (χ2n) is 7.61. The molecule has 1 aromatic carbocycles. The Balaban J connectivity index is 1.59. The quantitative estimate of drug-likeness (QED) is 0.557. The molecule has 0 saturated carbocycles. The number of benzene rings is 1. The average Bonchev–Trinajstić information content (AvgIpc) is 3.41. The summed E-state index contributed by atoms with van der Waals surface area (Å²) in [4.78, 5) is 22.0. The molecule has 4 rings (SSSR count). The van der Waals surface area contributed by atoms with Gasteiger partial charge in [0, 0.05) is 31.9 Å². The van der Waals surface area contributed by atoms with Crippen LogP contribution >= 0.6 is 0 Å². The number of rotatable bonds is 5. The van der Waals surface area contributed by atoms with Crippen molar-refractivity contribution in [1.82, 2.24) is 29.9 Å². The van der Waals surface area contributed by atoms with Crippen molar-refractivity contribution >= 4 is 11.9 Å². The molecule has 1 atom stereocenters. The van der Waals surface area contributed by atoms with Crippen LogP contribution in [0, 0.1) is 12.7 Å². The van der Waals surface area contributed by atoms with Crippen LogP contribution in [-0.2, 0) is 6.18 Å². The van der Waals surface area contributed by atoms with Crippen LogP contribution in [0.1, 0.15) is 27.9 Å². The first kappa shape index (κ1) is 23.4. The lowest BCUT2D eigenvalue weighted by molar-refractivity contribution is -0.138. The Morgan fingerprint density at radius 3 is 2.44 bits per heavy atom. The Hall–Kier alpha value is -3.71. The van der Waals surface area contributed by atoms with E-state index in [1.54, 1.807) is 0 Å². The molecule has 3 heterocycles. The van der Waals surface area contributed by atoms with E-state index in [2.05, 4.69) is 25.5 Å². The van der Waals surface area contributed by atoms with Gasteiger partial charge in [-0.25, -0.2) is 23.1 Å². The number of likely N-dealkylation sites (tertiary alicyclic amines) is 1. The first-order valence-electron chi connectivity index (χ1n) is 9.97. The van der Waals surface area contributed by atoms with Gasteiger partial charge in [-0.15, -0.1) is 4.80 Å². The molecule has 1 saturated heterocycles. The number of aryl methyl sites for hydroxylation is 1. The summed E-state index contributed by atoms with van der Waals surface area (Å²) < 4.78 is 82.2. The highest BCUT2D eigenvalue weighted by Gasteiger charge is 2.51. The Morgan fingerprint density at radius 1 is 1.18 bits per heavy atom. The molecule has 1 aliphatic rings. The fourth-order valence-corrected chi connectivity index (χ4v) is 3.60. The van der Waals surface area contributed by atoms with Gasteiger partial charge < -0.3 is 10.2 Å². The summed E-state index contributed by atoms with van der Waals surface area (Å²) in [6.45, 7) is 0.596. The lowest BCUT2D eigenvalue weighted by atomic mass is 10.1. The molecule has 0 spiro atoms. The van der Waals surface area contributed by atoms with E-state index in [0.29, 0.717) is 12.4 Å². The van der Waals surface area contributed by atoms with Crippen molar-refractivity contribution in [2.45, 2.75) is 31.5 Å². The Labute approximate surface area is 188 Å². The fourth-order valence-electron chi connectivity index (χ4n) is 3.60. The van der Waals surface area contributed by atoms with E-state index in [9.17, 15) is 31.1 Å². The number of carbonyl (C=O) groups is 1. The van der Waals surface area contributed by atoms with Gasteiger partial charge in [-0.2, -0.15) is 23.4 Å². The molecule has 14 heteroatoms. The molecule has 1 amide bonds. The summed E-state index contributed by atoms with van der Waals surface area (Å²) in [5.74, 6) is -5.28. The van der Waals surface area contributed by atoms with Crippen molar-refractivity contribution in [3.63, 3.8) is 0 Å². The maximum Gasteiger partial charge on any atom is 0.419 e. The van der Waals surface area contributed by atoms with E-state index in [4.69, 9.17) is 0 Å². The summed E-state index contributed by atoms with van der Waals surface area (Å²) in [7, 11) is 0. The monoisotopic (exact) mass is 485 g/mol. The van der Waals surface area contributed by atoms with Gasteiger partial charge in [0.25, 0.3) is 11.8 Å². The smallest absolute Gasteiger partial charge is 0.352 e. The molecule has 0 aliphatic carbocycles. The van der Waals surface area contributed by atoms with E-state index in [1.165, 1.54) is 31.5 Å². The maximum absolute atomic E-state index is 14.9. The predicted molar refractivity (Wildman–Crippen MR) is 106 cm³/mol. The predicted octanol–water partition coefficient (Wildman–Crippen LogP) is 3.49. The van der Waals surface area contributed by atoms with Crippen molar-refractivity contribution < 1.29 is 31.1 Å².